The van der Waals surface area contributed by atoms with Crippen LogP contribution in [0.25, 0.3) is 76.8 Å². The van der Waals surface area contributed by atoms with E-state index >= 15 is 0 Å². The van der Waals surface area contributed by atoms with Gasteiger partial charge in [-0.3, -0.25) is 0 Å². The zero-order valence-electron chi connectivity index (χ0n) is 26.8. The summed E-state index contributed by atoms with van der Waals surface area (Å²) in [6.45, 7) is 0. The van der Waals surface area contributed by atoms with E-state index in [4.69, 9.17) is 0 Å². The highest BCUT2D eigenvalue weighted by Crippen LogP contribution is 2.63. The molecule has 0 saturated heterocycles. The molecule has 9 aromatic rings. The van der Waals surface area contributed by atoms with Gasteiger partial charge in [0, 0.05) is 0 Å². The van der Waals surface area contributed by atoms with Gasteiger partial charge in [-0.2, -0.15) is 0 Å². The largest absolute Gasteiger partial charge is 0.0725 e. The van der Waals surface area contributed by atoms with Gasteiger partial charge in [0.05, 0.1) is 5.41 Å². The molecule has 9 aromatic carbocycles. The normalized spacial score (nSPS) is 13.5. The van der Waals surface area contributed by atoms with Crippen molar-refractivity contribution >= 4 is 32.3 Å². The smallest absolute Gasteiger partial charge is 0.0619 e. The number of fused-ring (bicyclic) bond motifs is 16. The van der Waals surface area contributed by atoms with Crippen LogP contribution in [0.15, 0.2) is 182 Å². The highest BCUT2D eigenvalue weighted by atomic mass is 14.5. The van der Waals surface area contributed by atoms with Gasteiger partial charge in [0.25, 0.3) is 0 Å². The van der Waals surface area contributed by atoms with Crippen LogP contribution in [0.1, 0.15) is 22.3 Å². The fourth-order valence-corrected chi connectivity index (χ4v) is 9.34. The molecule has 2 aliphatic rings. The number of hydrogen-bond acceptors (Lipinski definition) is 0. The van der Waals surface area contributed by atoms with Crippen molar-refractivity contribution in [1.82, 2.24) is 0 Å². The van der Waals surface area contributed by atoms with E-state index < -0.39 is 0 Å². The van der Waals surface area contributed by atoms with Crippen molar-refractivity contribution in [3.63, 3.8) is 0 Å². The van der Waals surface area contributed by atoms with E-state index in [1.165, 1.54) is 99.1 Å². The third-order valence-electron chi connectivity index (χ3n) is 11.3. The summed E-state index contributed by atoms with van der Waals surface area (Å²) in [6, 6.07) is 67.9. The SMILES string of the molecule is c1cc(-c2ccc3c4ccccc4c4ccccc4c3c2)cc(-c2cccc3c2-c2ccccc2C32c3ccccc3-c3ccccc32)c1. The lowest BCUT2D eigenvalue weighted by atomic mass is 9.70. The Bertz CT molecular complexity index is 2750. The molecule has 0 N–H and O–H groups in total. The summed E-state index contributed by atoms with van der Waals surface area (Å²) in [5.41, 5.74) is 15.5. The first-order valence-corrected chi connectivity index (χ1v) is 17.2. The summed E-state index contributed by atoms with van der Waals surface area (Å²) in [5, 5.41) is 7.82. The third-order valence-corrected chi connectivity index (χ3v) is 11.3. The average Bonchev–Trinajstić information content (AvgIpc) is 3.66. The van der Waals surface area contributed by atoms with Gasteiger partial charge in [0.2, 0.25) is 0 Å². The van der Waals surface area contributed by atoms with Crippen LogP contribution >= 0.6 is 0 Å². The molecule has 0 heterocycles. The maximum atomic E-state index is 2.40. The molecule has 0 bridgehead atoms. The minimum atomic E-state index is -0.338. The Morgan fingerprint density at radius 3 is 1.33 bits per heavy atom. The van der Waals surface area contributed by atoms with Crippen LogP contribution in [0.2, 0.25) is 0 Å². The zero-order chi connectivity index (χ0) is 32.1. The lowest BCUT2D eigenvalue weighted by Gasteiger charge is -2.30. The molecule has 1 spiro atoms. The van der Waals surface area contributed by atoms with Crippen LogP contribution in [0.5, 0.6) is 0 Å². The van der Waals surface area contributed by atoms with Crippen molar-refractivity contribution in [2.45, 2.75) is 5.41 Å². The molecule has 226 valence electrons. The summed E-state index contributed by atoms with van der Waals surface area (Å²) >= 11 is 0. The number of benzene rings is 9. The Hall–Kier alpha value is -6.24. The van der Waals surface area contributed by atoms with Crippen LogP contribution in [-0.2, 0) is 5.41 Å². The zero-order valence-corrected chi connectivity index (χ0v) is 26.8. The Morgan fingerprint density at radius 1 is 0.245 bits per heavy atom. The van der Waals surface area contributed by atoms with E-state index in [2.05, 4.69) is 182 Å². The minimum absolute atomic E-state index is 0.338. The van der Waals surface area contributed by atoms with Gasteiger partial charge in [0.1, 0.15) is 0 Å². The van der Waals surface area contributed by atoms with Gasteiger partial charge in [-0.15, -0.1) is 0 Å². The summed E-state index contributed by atoms with van der Waals surface area (Å²) in [6.07, 6.45) is 0. The van der Waals surface area contributed by atoms with Gasteiger partial charge < -0.3 is 0 Å². The van der Waals surface area contributed by atoms with Crippen LogP contribution in [0, 0.1) is 0 Å². The molecule has 11 rings (SSSR count). The van der Waals surface area contributed by atoms with Crippen LogP contribution in [0.3, 0.4) is 0 Å². The Kier molecular flexibility index (Phi) is 5.41. The molecule has 0 nitrogen and oxygen atoms in total. The fraction of sp³-hybridized carbons (Fsp3) is 0.0204. The summed E-state index contributed by atoms with van der Waals surface area (Å²) in [4.78, 5) is 0. The van der Waals surface area contributed by atoms with Crippen molar-refractivity contribution in [3.8, 4) is 44.5 Å². The standard InChI is InChI=1S/C49H30/c1-2-17-37-35(15-1)36-16-3-4-18-38(36)43-30-32(27-28-39(37)43)31-13-11-14-33(29-31)34-22-12-26-47-48(34)42-21-7-10-25-46(42)49(47)44-23-8-5-19-40(44)41-20-6-9-24-45(41)49/h1-30H. The highest BCUT2D eigenvalue weighted by Gasteiger charge is 2.51. The van der Waals surface area contributed by atoms with Gasteiger partial charge >= 0.3 is 0 Å². The molecule has 0 aliphatic heterocycles. The second kappa shape index (κ2) is 9.89. The first kappa shape index (κ1) is 26.8. The quantitative estimate of drug-likeness (QED) is 0.169. The number of rotatable bonds is 2. The van der Waals surface area contributed by atoms with Gasteiger partial charge in [-0.25, -0.2) is 0 Å². The van der Waals surface area contributed by atoms with Crippen LogP contribution < -0.4 is 0 Å². The summed E-state index contributed by atoms with van der Waals surface area (Å²) < 4.78 is 0. The number of hydrogen-bond donors (Lipinski definition) is 0. The van der Waals surface area contributed by atoms with E-state index in [-0.39, 0.29) is 5.41 Å². The second-order valence-corrected chi connectivity index (χ2v) is 13.5. The molecule has 0 amide bonds. The van der Waals surface area contributed by atoms with Crippen molar-refractivity contribution in [2.24, 2.45) is 0 Å². The van der Waals surface area contributed by atoms with Crippen molar-refractivity contribution < 1.29 is 0 Å². The topological polar surface area (TPSA) is 0 Å². The molecule has 0 atom stereocenters. The van der Waals surface area contributed by atoms with E-state index in [0.717, 1.165) is 0 Å². The molecular weight excluding hydrogens is 589 g/mol. The van der Waals surface area contributed by atoms with Crippen molar-refractivity contribution in [1.29, 1.82) is 0 Å². The molecule has 0 fully saturated rings. The molecule has 2 aliphatic carbocycles. The van der Waals surface area contributed by atoms with Crippen molar-refractivity contribution in [3.05, 3.63) is 204 Å². The van der Waals surface area contributed by atoms with E-state index in [1.54, 1.807) is 0 Å². The van der Waals surface area contributed by atoms with Crippen molar-refractivity contribution in [2.75, 3.05) is 0 Å². The molecule has 0 aromatic heterocycles. The molecule has 0 heteroatoms. The predicted octanol–water partition coefficient (Wildman–Crippen LogP) is 12.8. The molecule has 0 radical (unpaired) electrons. The van der Waals surface area contributed by atoms with E-state index in [9.17, 15) is 0 Å². The maximum absolute atomic E-state index is 2.40. The Labute approximate surface area is 285 Å². The minimum Gasteiger partial charge on any atom is -0.0619 e. The average molecular weight is 619 g/mol. The second-order valence-electron chi connectivity index (χ2n) is 13.5. The Morgan fingerprint density at radius 2 is 0.673 bits per heavy atom. The molecule has 49 heavy (non-hydrogen) atoms. The van der Waals surface area contributed by atoms with E-state index in [0.29, 0.717) is 0 Å². The van der Waals surface area contributed by atoms with Gasteiger partial charge in [0.15, 0.2) is 0 Å². The lowest BCUT2D eigenvalue weighted by Crippen LogP contribution is -2.25. The fourth-order valence-electron chi connectivity index (χ4n) is 9.34. The first-order valence-electron chi connectivity index (χ1n) is 17.2. The van der Waals surface area contributed by atoms with Gasteiger partial charge in [-0.05, 0) is 111 Å². The highest BCUT2D eigenvalue weighted by molar-refractivity contribution is 6.25. The maximum Gasteiger partial charge on any atom is 0.0725 e. The van der Waals surface area contributed by atoms with E-state index in [1.807, 2.05) is 0 Å². The van der Waals surface area contributed by atoms with Crippen LogP contribution in [0.4, 0.5) is 0 Å². The summed E-state index contributed by atoms with van der Waals surface area (Å²) in [5.74, 6) is 0. The monoisotopic (exact) mass is 618 g/mol. The first-order chi connectivity index (χ1) is 24.3. The van der Waals surface area contributed by atoms with Gasteiger partial charge in [-0.1, -0.05) is 170 Å². The predicted molar refractivity (Wildman–Crippen MR) is 206 cm³/mol. The summed E-state index contributed by atoms with van der Waals surface area (Å²) in [7, 11) is 0. The third kappa shape index (κ3) is 3.48. The molecule has 0 unspecified atom stereocenters. The lowest BCUT2D eigenvalue weighted by molar-refractivity contribution is 0.794. The van der Waals surface area contributed by atoms with Crippen LogP contribution in [-0.4, -0.2) is 0 Å². The molecular formula is C49H30. The molecule has 0 saturated carbocycles. The Balaban J connectivity index is 1.14.